The van der Waals surface area contributed by atoms with Crippen molar-refractivity contribution in [3.05, 3.63) is 23.6 Å². The summed E-state index contributed by atoms with van der Waals surface area (Å²) in [5.74, 6) is 0.442. The summed E-state index contributed by atoms with van der Waals surface area (Å²) in [4.78, 5) is 4.12. The maximum Gasteiger partial charge on any atom is 0.141 e. The molecule has 0 aromatic carbocycles. The van der Waals surface area contributed by atoms with Crippen molar-refractivity contribution in [2.24, 2.45) is 0 Å². The number of rotatable bonds is 4. The van der Waals surface area contributed by atoms with Gasteiger partial charge in [-0.3, -0.25) is 0 Å². The normalized spacial score (nSPS) is 11.9. The number of pyridine rings is 1. The highest BCUT2D eigenvalue weighted by atomic mass is 19.1. The van der Waals surface area contributed by atoms with Crippen LogP contribution in [0.1, 0.15) is 40.2 Å². The van der Waals surface area contributed by atoms with Crippen molar-refractivity contribution >= 4 is 5.82 Å². The minimum atomic E-state index is -0.301. The molecule has 0 atom stereocenters. The lowest BCUT2D eigenvalue weighted by Crippen LogP contribution is -2.29. The molecule has 0 fully saturated rings. The fraction of sp³-hybridized carbons (Fsp3) is 0.615. The molecule has 0 saturated heterocycles. The van der Waals surface area contributed by atoms with Crippen LogP contribution in [-0.4, -0.2) is 16.6 Å². The Morgan fingerprint density at radius 1 is 1.35 bits per heavy atom. The maximum absolute atomic E-state index is 13.2. The van der Waals surface area contributed by atoms with Gasteiger partial charge in [-0.15, -0.1) is 0 Å². The van der Waals surface area contributed by atoms with Crippen molar-refractivity contribution in [1.82, 2.24) is 10.3 Å². The molecule has 1 heterocycles. The average Bonchev–Trinajstić information content (AvgIpc) is 2.16. The number of halogens is 1. The summed E-state index contributed by atoms with van der Waals surface area (Å²) in [6.45, 7) is 10.9. The zero-order chi connectivity index (χ0) is 13.1. The van der Waals surface area contributed by atoms with E-state index in [2.05, 4.69) is 50.2 Å². The van der Waals surface area contributed by atoms with Gasteiger partial charge >= 0.3 is 0 Å². The molecule has 17 heavy (non-hydrogen) atoms. The van der Waals surface area contributed by atoms with Gasteiger partial charge in [0, 0.05) is 23.7 Å². The second-order valence-electron chi connectivity index (χ2n) is 5.57. The summed E-state index contributed by atoms with van der Waals surface area (Å²) >= 11 is 0. The molecule has 3 nitrogen and oxygen atoms in total. The van der Waals surface area contributed by atoms with Crippen LogP contribution in [0.5, 0.6) is 0 Å². The molecular weight excluding hydrogens is 217 g/mol. The zero-order valence-corrected chi connectivity index (χ0v) is 11.3. The van der Waals surface area contributed by atoms with Gasteiger partial charge in [-0.2, -0.15) is 0 Å². The van der Waals surface area contributed by atoms with E-state index in [0.29, 0.717) is 12.6 Å². The molecule has 2 N–H and O–H groups in total. The fourth-order valence-corrected chi connectivity index (χ4v) is 1.40. The van der Waals surface area contributed by atoms with E-state index in [-0.39, 0.29) is 11.4 Å². The minimum absolute atomic E-state index is 0.0859. The molecule has 0 spiro atoms. The number of aromatic nitrogens is 1. The van der Waals surface area contributed by atoms with E-state index in [9.17, 15) is 4.39 Å². The van der Waals surface area contributed by atoms with Gasteiger partial charge in [0.1, 0.15) is 11.6 Å². The van der Waals surface area contributed by atoms with Crippen molar-refractivity contribution in [3.8, 4) is 0 Å². The molecule has 0 bridgehead atoms. The summed E-state index contributed by atoms with van der Waals surface area (Å²) in [6, 6.07) is 1.89. The van der Waals surface area contributed by atoms with Gasteiger partial charge in [0.15, 0.2) is 0 Å². The predicted molar refractivity (Wildman–Crippen MR) is 69.5 cm³/mol. The number of nitrogens with zero attached hydrogens (tertiary/aromatic N) is 1. The Kier molecular flexibility index (Phi) is 4.46. The molecule has 1 aromatic heterocycles. The second-order valence-corrected chi connectivity index (χ2v) is 5.57. The standard InChI is InChI=1S/C13H22FN3/c1-9(2)15-7-10-6-11(14)8-16-12(10)17-13(3,4)5/h6,8-9,15H,7H2,1-5H3,(H,16,17). The molecule has 0 amide bonds. The second kappa shape index (κ2) is 5.45. The van der Waals surface area contributed by atoms with Gasteiger partial charge in [-0.1, -0.05) is 13.8 Å². The van der Waals surface area contributed by atoms with E-state index in [0.717, 1.165) is 11.4 Å². The van der Waals surface area contributed by atoms with Crippen LogP contribution in [0.4, 0.5) is 10.2 Å². The van der Waals surface area contributed by atoms with E-state index in [4.69, 9.17) is 0 Å². The number of hydrogen-bond acceptors (Lipinski definition) is 3. The predicted octanol–water partition coefficient (Wildman–Crippen LogP) is 2.93. The van der Waals surface area contributed by atoms with Crippen LogP contribution in [-0.2, 0) is 6.54 Å². The minimum Gasteiger partial charge on any atom is -0.365 e. The third-order valence-corrected chi connectivity index (χ3v) is 2.13. The lowest BCUT2D eigenvalue weighted by atomic mass is 10.1. The molecule has 96 valence electrons. The number of hydrogen-bond donors (Lipinski definition) is 2. The van der Waals surface area contributed by atoms with Gasteiger partial charge in [-0.05, 0) is 26.8 Å². The SMILES string of the molecule is CC(C)NCc1cc(F)cnc1NC(C)(C)C. The lowest BCUT2D eigenvalue weighted by molar-refractivity contribution is 0.573. The van der Waals surface area contributed by atoms with Gasteiger partial charge in [0.05, 0.1) is 6.20 Å². The van der Waals surface area contributed by atoms with Crippen LogP contribution in [0.3, 0.4) is 0 Å². The topological polar surface area (TPSA) is 37.0 Å². The fourth-order valence-electron chi connectivity index (χ4n) is 1.40. The lowest BCUT2D eigenvalue weighted by Gasteiger charge is -2.23. The monoisotopic (exact) mass is 239 g/mol. The van der Waals surface area contributed by atoms with Crippen LogP contribution in [0.15, 0.2) is 12.3 Å². The van der Waals surface area contributed by atoms with Crippen molar-refractivity contribution < 1.29 is 4.39 Å². The number of nitrogens with one attached hydrogen (secondary N) is 2. The Labute approximate surface area is 103 Å². The van der Waals surface area contributed by atoms with E-state index in [1.807, 2.05) is 0 Å². The third kappa shape index (κ3) is 5.13. The maximum atomic E-state index is 13.2. The van der Waals surface area contributed by atoms with E-state index >= 15 is 0 Å². The highest BCUT2D eigenvalue weighted by Gasteiger charge is 2.14. The van der Waals surface area contributed by atoms with Gasteiger partial charge < -0.3 is 10.6 Å². The molecule has 0 saturated carbocycles. The molecule has 0 unspecified atom stereocenters. The van der Waals surface area contributed by atoms with Crippen LogP contribution in [0.25, 0.3) is 0 Å². The van der Waals surface area contributed by atoms with Crippen molar-refractivity contribution in [2.45, 2.75) is 52.7 Å². The first-order chi connectivity index (χ1) is 7.78. The van der Waals surface area contributed by atoms with Gasteiger partial charge in [0.2, 0.25) is 0 Å². The summed E-state index contributed by atoms with van der Waals surface area (Å²) in [5, 5.41) is 6.55. The first-order valence-electron chi connectivity index (χ1n) is 5.94. The molecule has 0 aliphatic carbocycles. The summed E-state index contributed by atoms with van der Waals surface area (Å²) in [7, 11) is 0. The van der Waals surface area contributed by atoms with Crippen molar-refractivity contribution in [2.75, 3.05) is 5.32 Å². The van der Waals surface area contributed by atoms with Crippen LogP contribution >= 0.6 is 0 Å². The smallest absolute Gasteiger partial charge is 0.141 e. The summed E-state index contributed by atoms with van der Waals surface area (Å²) in [5.41, 5.74) is 0.769. The first kappa shape index (κ1) is 13.9. The highest BCUT2D eigenvalue weighted by Crippen LogP contribution is 2.18. The third-order valence-electron chi connectivity index (χ3n) is 2.13. The number of anilines is 1. The van der Waals surface area contributed by atoms with E-state index < -0.39 is 0 Å². The Bertz CT molecular complexity index is 369. The first-order valence-corrected chi connectivity index (χ1v) is 5.94. The quantitative estimate of drug-likeness (QED) is 0.848. The Balaban J connectivity index is 2.87. The average molecular weight is 239 g/mol. The zero-order valence-electron chi connectivity index (χ0n) is 11.3. The highest BCUT2D eigenvalue weighted by molar-refractivity contribution is 5.45. The van der Waals surface area contributed by atoms with Crippen LogP contribution in [0.2, 0.25) is 0 Å². The van der Waals surface area contributed by atoms with Crippen LogP contribution in [0, 0.1) is 5.82 Å². The van der Waals surface area contributed by atoms with E-state index in [1.165, 1.54) is 12.3 Å². The molecule has 1 rings (SSSR count). The molecule has 0 aliphatic rings. The molecular formula is C13H22FN3. The van der Waals surface area contributed by atoms with Crippen LogP contribution < -0.4 is 10.6 Å². The molecule has 0 radical (unpaired) electrons. The molecule has 0 aliphatic heterocycles. The molecule has 4 heteroatoms. The molecule has 1 aromatic rings. The Hall–Kier alpha value is -1.16. The van der Waals surface area contributed by atoms with Crippen molar-refractivity contribution in [1.29, 1.82) is 0 Å². The van der Waals surface area contributed by atoms with E-state index in [1.54, 1.807) is 0 Å². The summed E-state index contributed by atoms with van der Waals surface area (Å²) < 4.78 is 13.2. The Morgan fingerprint density at radius 3 is 2.53 bits per heavy atom. The van der Waals surface area contributed by atoms with Crippen molar-refractivity contribution in [3.63, 3.8) is 0 Å². The Morgan fingerprint density at radius 2 is 2.00 bits per heavy atom. The summed E-state index contributed by atoms with van der Waals surface area (Å²) in [6.07, 6.45) is 1.24. The largest absolute Gasteiger partial charge is 0.365 e. The van der Waals surface area contributed by atoms with Gasteiger partial charge in [0.25, 0.3) is 0 Å². The van der Waals surface area contributed by atoms with Gasteiger partial charge in [-0.25, -0.2) is 9.37 Å².